The standard InChI is InChI=1S/C27H34N4O5/c1-16(2)13-21(25(33)28-11-12-32)31-23(26(34)29-15-18-7-5-4-6-8-18)22-19-10-9-17(3)14-20(19)30-24(22)27(35)36/h4-10,14,16,21,23,30-32H,11-13,15H2,1-3H3,(H,28,33)(H,29,34)(H,35,36). The zero-order valence-electron chi connectivity index (χ0n) is 20.8. The highest BCUT2D eigenvalue weighted by atomic mass is 16.4. The van der Waals surface area contributed by atoms with Crippen LogP contribution in [0.25, 0.3) is 10.9 Å². The SMILES string of the molecule is Cc1ccc2c(C(NC(CC(C)C)C(=O)NCCO)C(=O)NCc3ccccc3)c(C(=O)O)[nH]c2c1. The molecule has 9 heteroatoms. The summed E-state index contributed by atoms with van der Waals surface area (Å²) in [5.41, 5.74) is 2.58. The molecule has 0 saturated heterocycles. The fraction of sp³-hybridized carbons (Fsp3) is 0.370. The molecule has 3 aromatic rings. The predicted molar refractivity (Wildman–Crippen MR) is 137 cm³/mol. The van der Waals surface area contributed by atoms with Crippen LogP contribution in [0.3, 0.4) is 0 Å². The Labute approximate surface area is 210 Å². The number of aryl methyl sites for hydroxylation is 1. The number of carbonyl (C=O) groups is 3. The van der Waals surface area contributed by atoms with Gasteiger partial charge in [0.25, 0.3) is 0 Å². The average Bonchev–Trinajstić information content (AvgIpc) is 3.22. The fourth-order valence-electron chi connectivity index (χ4n) is 4.20. The van der Waals surface area contributed by atoms with Crippen molar-refractivity contribution in [1.82, 2.24) is 20.9 Å². The van der Waals surface area contributed by atoms with Gasteiger partial charge in [-0.05, 0) is 36.5 Å². The van der Waals surface area contributed by atoms with Crippen LogP contribution < -0.4 is 16.0 Å². The van der Waals surface area contributed by atoms with Crippen LogP contribution in [-0.2, 0) is 16.1 Å². The molecule has 6 N–H and O–H groups in total. The molecule has 3 rings (SSSR count). The molecule has 2 aromatic carbocycles. The third-order valence-corrected chi connectivity index (χ3v) is 5.87. The van der Waals surface area contributed by atoms with Crippen LogP contribution >= 0.6 is 0 Å². The summed E-state index contributed by atoms with van der Waals surface area (Å²) in [4.78, 5) is 41.7. The normalized spacial score (nSPS) is 12.9. The topological polar surface area (TPSA) is 144 Å². The molecule has 1 aromatic heterocycles. The van der Waals surface area contributed by atoms with Crippen LogP contribution in [0.2, 0.25) is 0 Å². The van der Waals surface area contributed by atoms with Crippen molar-refractivity contribution in [3.63, 3.8) is 0 Å². The van der Waals surface area contributed by atoms with Gasteiger partial charge in [-0.3, -0.25) is 14.9 Å². The highest BCUT2D eigenvalue weighted by Crippen LogP contribution is 2.30. The molecule has 0 spiro atoms. The number of fused-ring (bicyclic) bond motifs is 1. The van der Waals surface area contributed by atoms with E-state index in [2.05, 4.69) is 20.9 Å². The molecule has 0 radical (unpaired) electrons. The smallest absolute Gasteiger partial charge is 0.352 e. The van der Waals surface area contributed by atoms with Gasteiger partial charge in [-0.1, -0.05) is 56.3 Å². The maximum Gasteiger partial charge on any atom is 0.352 e. The summed E-state index contributed by atoms with van der Waals surface area (Å²) in [7, 11) is 0. The number of hydrogen-bond donors (Lipinski definition) is 6. The van der Waals surface area contributed by atoms with Crippen LogP contribution in [0.5, 0.6) is 0 Å². The Hall–Kier alpha value is -3.69. The van der Waals surface area contributed by atoms with E-state index in [0.717, 1.165) is 11.1 Å². The van der Waals surface area contributed by atoms with Crippen LogP contribution in [0, 0.1) is 12.8 Å². The Bertz CT molecular complexity index is 1210. The van der Waals surface area contributed by atoms with Crippen LogP contribution in [0.4, 0.5) is 0 Å². The van der Waals surface area contributed by atoms with E-state index < -0.39 is 24.0 Å². The van der Waals surface area contributed by atoms with Crippen molar-refractivity contribution in [1.29, 1.82) is 0 Å². The fourth-order valence-corrected chi connectivity index (χ4v) is 4.20. The summed E-state index contributed by atoms with van der Waals surface area (Å²) in [6.07, 6.45) is 0.406. The summed E-state index contributed by atoms with van der Waals surface area (Å²) in [5.74, 6) is -1.91. The van der Waals surface area contributed by atoms with Crippen molar-refractivity contribution in [3.05, 3.63) is 70.9 Å². The molecule has 2 amide bonds. The number of carboxylic acids is 1. The van der Waals surface area contributed by atoms with Crippen molar-refractivity contribution >= 4 is 28.7 Å². The lowest BCUT2D eigenvalue weighted by Gasteiger charge is -2.26. The molecule has 0 aliphatic heterocycles. The molecular weight excluding hydrogens is 460 g/mol. The molecule has 0 aliphatic carbocycles. The van der Waals surface area contributed by atoms with E-state index in [9.17, 15) is 19.5 Å². The van der Waals surface area contributed by atoms with Crippen molar-refractivity contribution in [2.75, 3.05) is 13.2 Å². The van der Waals surface area contributed by atoms with E-state index in [1.807, 2.05) is 63.2 Å². The highest BCUT2D eigenvalue weighted by Gasteiger charge is 2.33. The summed E-state index contributed by atoms with van der Waals surface area (Å²) in [5, 5.41) is 28.4. The van der Waals surface area contributed by atoms with Gasteiger partial charge in [0, 0.05) is 29.6 Å². The van der Waals surface area contributed by atoms with Gasteiger partial charge >= 0.3 is 5.97 Å². The molecule has 1 heterocycles. The molecule has 9 nitrogen and oxygen atoms in total. The number of carbonyl (C=O) groups excluding carboxylic acids is 2. The minimum absolute atomic E-state index is 0.0761. The lowest BCUT2D eigenvalue weighted by molar-refractivity contribution is -0.126. The first-order valence-corrected chi connectivity index (χ1v) is 12.0. The van der Waals surface area contributed by atoms with Crippen LogP contribution in [-0.4, -0.2) is 52.2 Å². The molecule has 0 fully saturated rings. The van der Waals surface area contributed by atoms with Gasteiger partial charge in [0.05, 0.1) is 12.6 Å². The maximum absolute atomic E-state index is 13.6. The first-order chi connectivity index (χ1) is 17.2. The number of amides is 2. The second-order valence-corrected chi connectivity index (χ2v) is 9.27. The number of H-pyrrole nitrogens is 1. The molecule has 0 aliphatic rings. The minimum atomic E-state index is -1.20. The Balaban J connectivity index is 2.05. The Morgan fingerprint density at radius 1 is 1.00 bits per heavy atom. The van der Waals surface area contributed by atoms with E-state index in [4.69, 9.17) is 5.11 Å². The molecule has 2 atom stereocenters. The number of carboxylic acid groups (broad SMARTS) is 1. The Morgan fingerprint density at radius 2 is 1.72 bits per heavy atom. The second kappa shape index (κ2) is 12.3. The lowest BCUT2D eigenvalue weighted by atomic mass is 9.97. The highest BCUT2D eigenvalue weighted by molar-refractivity contribution is 6.02. The van der Waals surface area contributed by atoms with E-state index in [0.29, 0.717) is 17.3 Å². The van der Waals surface area contributed by atoms with Gasteiger partial charge in [0.15, 0.2) is 0 Å². The van der Waals surface area contributed by atoms with Gasteiger partial charge in [-0.2, -0.15) is 0 Å². The number of aromatic carboxylic acids is 1. The largest absolute Gasteiger partial charge is 0.477 e. The number of hydrogen-bond acceptors (Lipinski definition) is 5. The van der Waals surface area contributed by atoms with Crippen molar-refractivity contribution in [2.24, 2.45) is 5.92 Å². The van der Waals surface area contributed by atoms with Crippen LogP contribution in [0.1, 0.15) is 53.5 Å². The van der Waals surface area contributed by atoms with E-state index >= 15 is 0 Å². The Morgan fingerprint density at radius 3 is 2.36 bits per heavy atom. The van der Waals surface area contributed by atoms with Crippen molar-refractivity contribution < 1.29 is 24.6 Å². The predicted octanol–water partition coefficient (Wildman–Crippen LogP) is 2.64. The average molecular weight is 495 g/mol. The minimum Gasteiger partial charge on any atom is -0.477 e. The van der Waals surface area contributed by atoms with E-state index in [1.54, 1.807) is 6.07 Å². The van der Waals surface area contributed by atoms with Gasteiger partial charge in [0.2, 0.25) is 11.8 Å². The number of aliphatic hydroxyl groups excluding tert-OH is 1. The number of rotatable bonds is 12. The maximum atomic E-state index is 13.6. The number of aromatic nitrogens is 1. The van der Waals surface area contributed by atoms with Crippen molar-refractivity contribution in [3.8, 4) is 0 Å². The van der Waals surface area contributed by atoms with E-state index in [-0.39, 0.29) is 42.8 Å². The third kappa shape index (κ3) is 6.71. The molecular formula is C27H34N4O5. The quantitative estimate of drug-likeness (QED) is 0.228. The number of nitrogens with one attached hydrogen (secondary N) is 4. The first-order valence-electron chi connectivity index (χ1n) is 12.0. The summed E-state index contributed by atoms with van der Waals surface area (Å²) >= 11 is 0. The number of benzene rings is 2. The van der Waals surface area contributed by atoms with Crippen molar-refractivity contribution in [2.45, 2.75) is 45.8 Å². The van der Waals surface area contributed by atoms with Gasteiger partial charge in [-0.15, -0.1) is 0 Å². The lowest BCUT2D eigenvalue weighted by Crippen LogP contribution is -2.50. The van der Waals surface area contributed by atoms with Gasteiger partial charge < -0.3 is 25.8 Å². The third-order valence-electron chi connectivity index (χ3n) is 5.87. The van der Waals surface area contributed by atoms with Crippen LogP contribution in [0.15, 0.2) is 48.5 Å². The Kier molecular flexibility index (Phi) is 9.21. The molecule has 2 unspecified atom stereocenters. The van der Waals surface area contributed by atoms with E-state index in [1.165, 1.54) is 0 Å². The molecule has 36 heavy (non-hydrogen) atoms. The molecule has 192 valence electrons. The second-order valence-electron chi connectivity index (χ2n) is 9.27. The summed E-state index contributed by atoms with van der Waals surface area (Å²) in [6.45, 7) is 5.91. The zero-order chi connectivity index (χ0) is 26.2. The van der Waals surface area contributed by atoms with Gasteiger partial charge in [-0.25, -0.2) is 4.79 Å². The van der Waals surface area contributed by atoms with Gasteiger partial charge in [0.1, 0.15) is 11.7 Å². The number of aromatic amines is 1. The monoisotopic (exact) mass is 494 g/mol. The number of aliphatic hydroxyl groups is 1. The molecule has 0 bridgehead atoms. The first kappa shape index (κ1) is 26.9. The molecule has 0 saturated carbocycles. The summed E-state index contributed by atoms with van der Waals surface area (Å²) < 4.78 is 0. The summed E-state index contributed by atoms with van der Waals surface area (Å²) in [6, 6.07) is 12.9. The zero-order valence-corrected chi connectivity index (χ0v) is 20.8.